The largest absolute Gasteiger partial charge is 0.309 e. The van der Waals surface area contributed by atoms with E-state index >= 15 is 0 Å². The van der Waals surface area contributed by atoms with E-state index in [4.69, 9.17) is 34.9 Å². The quantitative estimate of drug-likeness (QED) is 0.120. The Hall–Kier alpha value is -17.5. The first-order valence-corrected chi connectivity index (χ1v) is 47.4. The van der Waals surface area contributed by atoms with E-state index in [1.54, 1.807) is 0 Å². The van der Waals surface area contributed by atoms with Crippen LogP contribution in [0.1, 0.15) is 74.9 Å². The van der Waals surface area contributed by atoms with Crippen molar-refractivity contribution in [1.82, 2.24) is 48.6 Å². The average molecular weight is 1770 g/mol. The van der Waals surface area contributed by atoms with E-state index in [9.17, 15) is 0 Å². The van der Waals surface area contributed by atoms with Crippen molar-refractivity contribution in [1.29, 1.82) is 0 Å². The van der Waals surface area contributed by atoms with Gasteiger partial charge in [-0.15, -0.1) is 0 Å². The highest BCUT2D eigenvalue weighted by atomic mass is 15.2. The van der Waals surface area contributed by atoms with Crippen molar-refractivity contribution < 1.29 is 0 Å². The molecule has 3 aliphatic carbocycles. The third kappa shape index (κ3) is 13.7. The minimum atomic E-state index is -0.0945. The van der Waals surface area contributed by atoms with Gasteiger partial charge >= 0.3 is 0 Å². The fourth-order valence-corrected chi connectivity index (χ4v) is 22.0. The van der Waals surface area contributed by atoms with Crippen LogP contribution in [0.2, 0.25) is 0 Å². The first kappa shape index (κ1) is 82.4. The van der Waals surface area contributed by atoms with Gasteiger partial charge in [0.15, 0.2) is 17.5 Å². The minimum Gasteiger partial charge on any atom is -0.309 e. The van der Waals surface area contributed by atoms with Gasteiger partial charge in [-0.3, -0.25) is 9.13 Å². The summed E-state index contributed by atoms with van der Waals surface area (Å²) in [5.74, 6) is 3.27. The molecule has 18 aromatic carbocycles. The summed E-state index contributed by atoms with van der Waals surface area (Å²) in [4.78, 5) is 36.0. The van der Waals surface area contributed by atoms with Crippen molar-refractivity contribution in [3.63, 3.8) is 0 Å². The summed E-state index contributed by atoms with van der Waals surface area (Å²) in [5, 5.41) is 7.46. The second-order valence-electron chi connectivity index (χ2n) is 37.8. The molecule has 0 fully saturated rings. The van der Waals surface area contributed by atoms with E-state index in [0.29, 0.717) is 29.4 Å². The second kappa shape index (κ2) is 33.0. The average Bonchev–Trinajstić information content (AvgIpc) is 1.54. The van der Waals surface area contributed by atoms with E-state index in [2.05, 4.69) is 419 Å². The molecule has 6 aromatic heterocycles. The molecule has 10 heteroatoms. The maximum absolute atomic E-state index is 5.29. The van der Waals surface area contributed by atoms with E-state index in [-0.39, 0.29) is 16.2 Å². The van der Waals surface area contributed by atoms with E-state index in [0.717, 1.165) is 101 Å². The van der Waals surface area contributed by atoms with Gasteiger partial charge in [-0.2, -0.15) is 0 Å². The van der Waals surface area contributed by atoms with Crippen LogP contribution in [-0.4, -0.2) is 48.6 Å². The lowest BCUT2D eigenvalue weighted by Gasteiger charge is -2.21. The van der Waals surface area contributed by atoms with Crippen LogP contribution >= 0.6 is 0 Å². The summed E-state index contributed by atoms with van der Waals surface area (Å²) in [5.41, 5.74) is 39.1. The van der Waals surface area contributed by atoms with Gasteiger partial charge in [-0.25, -0.2) is 34.9 Å². The summed E-state index contributed by atoms with van der Waals surface area (Å²) < 4.78 is 6.95. The van der Waals surface area contributed by atoms with Gasteiger partial charge in [0, 0.05) is 93.2 Å². The zero-order valence-electron chi connectivity index (χ0n) is 77.2. The number of fused-ring (bicyclic) bond motifs is 21. The number of hydrogen-bond donors (Lipinski definition) is 0. The monoisotopic (exact) mass is 1770 g/mol. The zero-order chi connectivity index (χ0) is 92.5. The molecular weight excluding hydrogens is 1680 g/mol. The molecule has 27 rings (SSSR count). The van der Waals surface area contributed by atoms with Crippen LogP contribution in [0, 0.1) is 0 Å². The van der Waals surface area contributed by atoms with Gasteiger partial charge in [-0.05, 0) is 150 Å². The lowest BCUT2D eigenvalue weighted by Crippen LogP contribution is -2.14. The first-order chi connectivity index (χ1) is 67.7. The van der Waals surface area contributed by atoms with E-state index < -0.39 is 0 Å². The lowest BCUT2D eigenvalue weighted by molar-refractivity contribution is 0.660. The molecule has 0 spiro atoms. The van der Waals surface area contributed by atoms with Gasteiger partial charge < -0.3 is 4.57 Å². The standard InChI is InChI=1S/C48H34N4.C43H31N3.C37H27N3/c1-48(2)39-24-13-12-23-37(39)43-40(48)27-28-41-44(43)38-26-25-34(31-15-6-3-7-16-31)30-42(38)52(41)36-22-14-21-35(29-36)47-50-45(32-17-8-4-9-18-32)49-46(51-47)33-19-10-5-11-20-33;1-43(2)34-21-13-12-20-32(34)40-35(43)24-25-38-41(40)33-23-22-31(28-14-6-3-7-15-28)26-39(33)46(38)42-44-36(29-16-8-4-9-17-29)27-37(45-42)30-18-10-5-11-19-30;1-37(2)28-19-11-9-17-26(28)34-29(37)21-22-33-35(34)27-18-10-12-20-32(27)40(33)36-38-30(24-13-5-3-6-14-24)23-31(39-36)25-15-7-4-8-16-25/h3-30H,1-2H3;3-27H,1-2H3;3-23H,1-2H3. The van der Waals surface area contributed by atoms with Gasteiger partial charge in [0.25, 0.3) is 0 Å². The molecule has 0 aliphatic heterocycles. The van der Waals surface area contributed by atoms with Crippen LogP contribution in [0.4, 0.5) is 0 Å². The normalized spacial score (nSPS) is 13.2. The molecule has 0 N–H and O–H groups in total. The number of benzene rings is 18. The molecule has 0 amide bonds. The van der Waals surface area contributed by atoms with Crippen LogP contribution in [0.3, 0.4) is 0 Å². The number of hydrogen-bond acceptors (Lipinski definition) is 7. The number of nitrogens with zero attached hydrogens (tertiary/aromatic N) is 10. The SMILES string of the molecule is CC1(C)c2ccccc2-c2c1ccc1c2c2ccc(-c3ccccc3)cc2n1-c1cccc(-c2nc(-c3ccccc3)nc(-c3ccccc3)n2)c1.CC1(C)c2ccccc2-c2c1ccc1c2c2ccc(-c3ccccc3)cc2n1-c1nc(-c2ccccc2)cc(-c2ccccc2)n1.CC1(C)c2ccccc2-c2c1ccc1c2c2ccccc2n1-c1nc(-c2ccccc2)cc(-c2ccccc2)n1. The molecule has 3 aliphatic rings. The van der Waals surface area contributed by atoms with Crippen LogP contribution in [0.15, 0.2) is 449 Å². The predicted octanol–water partition coefficient (Wildman–Crippen LogP) is 32.0. The molecule has 0 unspecified atom stereocenters. The third-order valence-electron chi connectivity index (χ3n) is 28.7. The Bertz CT molecular complexity index is 8760. The van der Waals surface area contributed by atoms with Crippen molar-refractivity contribution >= 4 is 65.4 Å². The molecule has 138 heavy (non-hydrogen) atoms. The Morgan fingerprint density at radius 1 is 0.174 bits per heavy atom. The molecule has 24 aromatic rings. The number of aromatic nitrogens is 10. The Kier molecular flexibility index (Phi) is 19.7. The molecule has 0 atom stereocenters. The summed E-state index contributed by atoms with van der Waals surface area (Å²) in [6.07, 6.45) is 0. The third-order valence-corrected chi connectivity index (χ3v) is 28.7. The first-order valence-electron chi connectivity index (χ1n) is 47.4. The molecule has 6 heterocycles. The van der Waals surface area contributed by atoms with Crippen molar-refractivity contribution in [2.45, 2.75) is 57.8 Å². The van der Waals surface area contributed by atoms with Crippen molar-refractivity contribution in [3.8, 4) is 152 Å². The van der Waals surface area contributed by atoms with Crippen molar-refractivity contribution in [3.05, 3.63) is 482 Å². The fourth-order valence-electron chi connectivity index (χ4n) is 22.0. The maximum Gasteiger partial charge on any atom is 0.235 e. The Morgan fingerprint density at radius 3 is 0.826 bits per heavy atom. The van der Waals surface area contributed by atoms with Crippen LogP contribution in [0.25, 0.3) is 218 Å². The highest BCUT2D eigenvalue weighted by molar-refractivity contribution is 6.21. The Morgan fingerprint density at radius 2 is 0.457 bits per heavy atom. The maximum atomic E-state index is 5.29. The fraction of sp³-hybridized carbons (Fsp3) is 0.0703. The molecule has 654 valence electrons. The second-order valence-corrected chi connectivity index (χ2v) is 37.8. The van der Waals surface area contributed by atoms with Gasteiger partial charge in [0.1, 0.15) is 0 Å². The lowest BCUT2D eigenvalue weighted by atomic mass is 9.82. The summed E-state index contributed by atoms with van der Waals surface area (Å²) in [6, 6.07) is 159. The van der Waals surface area contributed by atoms with E-state index in [1.807, 2.05) is 84.9 Å². The van der Waals surface area contributed by atoms with E-state index in [1.165, 1.54) is 121 Å². The number of para-hydroxylation sites is 1. The number of rotatable bonds is 12. The summed E-state index contributed by atoms with van der Waals surface area (Å²) in [7, 11) is 0. The van der Waals surface area contributed by atoms with Crippen LogP contribution in [0.5, 0.6) is 0 Å². The van der Waals surface area contributed by atoms with Gasteiger partial charge in [-0.1, -0.05) is 430 Å². The van der Waals surface area contributed by atoms with Crippen LogP contribution in [-0.2, 0) is 16.2 Å². The molecule has 10 nitrogen and oxygen atoms in total. The minimum absolute atomic E-state index is 0.0620. The smallest absolute Gasteiger partial charge is 0.235 e. The van der Waals surface area contributed by atoms with Crippen molar-refractivity contribution in [2.24, 2.45) is 0 Å². The molecule has 0 bridgehead atoms. The predicted molar refractivity (Wildman–Crippen MR) is 569 cm³/mol. The molecule has 0 saturated carbocycles. The summed E-state index contributed by atoms with van der Waals surface area (Å²) >= 11 is 0. The molecule has 0 saturated heterocycles. The highest BCUT2D eigenvalue weighted by Crippen LogP contribution is 2.58. The molecule has 0 radical (unpaired) electrons. The molecular formula is C128H92N10. The summed E-state index contributed by atoms with van der Waals surface area (Å²) in [6.45, 7) is 14.1. The Labute approximate surface area is 801 Å². The zero-order valence-corrected chi connectivity index (χ0v) is 77.2. The van der Waals surface area contributed by atoms with Gasteiger partial charge in [0.2, 0.25) is 11.9 Å². The van der Waals surface area contributed by atoms with Gasteiger partial charge in [0.05, 0.1) is 55.9 Å². The Balaban J connectivity index is 0.000000111. The van der Waals surface area contributed by atoms with Crippen LogP contribution < -0.4 is 0 Å². The van der Waals surface area contributed by atoms with Crippen molar-refractivity contribution in [2.75, 3.05) is 0 Å². The highest BCUT2D eigenvalue weighted by Gasteiger charge is 2.41. The topological polar surface area (TPSA) is 105 Å².